The van der Waals surface area contributed by atoms with Gasteiger partial charge in [0, 0.05) is 14.2 Å². The molecule has 0 amide bonds. The van der Waals surface area contributed by atoms with Crippen molar-refractivity contribution in [1.82, 2.24) is 0 Å². The highest BCUT2D eigenvalue weighted by molar-refractivity contribution is 5.43. The number of rotatable bonds is 4. The first-order valence-corrected chi connectivity index (χ1v) is 7.12. The summed E-state index contributed by atoms with van der Waals surface area (Å²) in [6, 6.07) is 0. The second-order valence-corrected chi connectivity index (χ2v) is 5.63. The molecule has 164 valence electrons. The van der Waals surface area contributed by atoms with E-state index < -0.39 is 66.0 Å². The van der Waals surface area contributed by atoms with Crippen LogP contribution in [0.15, 0.2) is 23.3 Å². The Hall–Kier alpha value is -1.44. The van der Waals surface area contributed by atoms with Gasteiger partial charge in [-0.05, 0) is 24.0 Å². The molecule has 0 atom stereocenters. The fourth-order valence-electron chi connectivity index (χ4n) is 2.95. The van der Waals surface area contributed by atoms with Crippen molar-refractivity contribution in [3.05, 3.63) is 23.3 Å². The van der Waals surface area contributed by atoms with Gasteiger partial charge in [-0.1, -0.05) is 12.2 Å². The summed E-state index contributed by atoms with van der Waals surface area (Å²) in [7, 11) is -0.0159. The van der Waals surface area contributed by atoms with Gasteiger partial charge in [-0.15, -0.1) is 0 Å². The van der Waals surface area contributed by atoms with Crippen LogP contribution in [0.1, 0.15) is 12.8 Å². The first-order valence-electron chi connectivity index (χ1n) is 7.12. The second kappa shape index (κ2) is 7.11. The summed E-state index contributed by atoms with van der Waals surface area (Å²) < 4.78 is 166. The van der Waals surface area contributed by atoms with Crippen molar-refractivity contribution in [2.45, 2.75) is 48.7 Å². The minimum absolute atomic E-state index is 0.00307. The smallest absolute Gasteiger partial charge is 0.358 e. The summed E-state index contributed by atoms with van der Waals surface area (Å²) in [4.78, 5) is 0. The second-order valence-electron chi connectivity index (χ2n) is 5.63. The Labute approximate surface area is 149 Å². The standard InChI is InChI=1S/C14H12F12O2/c1-27-9(11(15,16)17,12(18,19)20)7-4-3-5-8(6-7)10(28-2,13(21,22)23)14(24,25)26/h4,6H,3,5H2,1-2H3. The summed E-state index contributed by atoms with van der Waals surface area (Å²) in [6.45, 7) is 0. The van der Waals surface area contributed by atoms with Gasteiger partial charge in [0.05, 0.1) is 0 Å². The number of allylic oxidation sites excluding steroid dienone is 1. The topological polar surface area (TPSA) is 18.5 Å². The molecule has 0 unspecified atom stereocenters. The molecule has 0 spiro atoms. The maximum atomic E-state index is 13.2. The minimum atomic E-state index is -6.24. The van der Waals surface area contributed by atoms with Gasteiger partial charge in [0.1, 0.15) is 0 Å². The van der Waals surface area contributed by atoms with E-state index in [4.69, 9.17) is 0 Å². The maximum absolute atomic E-state index is 13.2. The van der Waals surface area contributed by atoms with E-state index in [9.17, 15) is 52.7 Å². The Morgan fingerprint density at radius 3 is 1.29 bits per heavy atom. The minimum Gasteiger partial charge on any atom is -0.358 e. The third-order valence-electron chi connectivity index (χ3n) is 4.18. The van der Waals surface area contributed by atoms with Crippen LogP contribution in [0, 0.1) is 0 Å². The molecule has 0 aromatic carbocycles. The van der Waals surface area contributed by atoms with Crippen molar-refractivity contribution < 1.29 is 62.2 Å². The van der Waals surface area contributed by atoms with Crippen molar-refractivity contribution in [3.8, 4) is 0 Å². The summed E-state index contributed by atoms with van der Waals surface area (Å²) in [5.74, 6) is 0. The van der Waals surface area contributed by atoms with Crippen LogP contribution < -0.4 is 0 Å². The third kappa shape index (κ3) is 3.48. The predicted molar refractivity (Wildman–Crippen MR) is 69.1 cm³/mol. The molecule has 0 heterocycles. The number of alkyl halides is 12. The third-order valence-corrected chi connectivity index (χ3v) is 4.18. The first-order chi connectivity index (χ1) is 12.3. The summed E-state index contributed by atoms with van der Waals surface area (Å²) >= 11 is 0. The Kier molecular flexibility index (Phi) is 6.25. The SMILES string of the molecule is COC(C1=CCCC(C(OC)(C(F)(F)F)C(F)(F)F)=C1)(C(F)(F)F)C(F)(F)F. The summed E-state index contributed by atoms with van der Waals surface area (Å²) in [5, 5.41) is 0. The largest absolute Gasteiger partial charge is 0.430 e. The lowest BCUT2D eigenvalue weighted by molar-refractivity contribution is -0.361. The molecule has 0 radical (unpaired) electrons. The van der Waals surface area contributed by atoms with E-state index in [0.29, 0.717) is 0 Å². The van der Waals surface area contributed by atoms with E-state index in [1.807, 2.05) is 0 Å². The van der Waals surface area contributed by atoms with Crippen molar-refractivity contribution in [3.63, 3.8) is 0 Å². The van der Waals surface area contributed by atoms with Gasteiger partial charge < -0.3 is 9.47 Å². The Bertz CT molecular complexity index is 605. The van der Waals surface area contributed by atoms with Gasteiger partial charge in [0.2, 0.25) is 0 Å². The highest BCUT2D eigenvalue weighted by Gasteiger charge is 2.76. The lowest BCUT2D eigenvalue weighted by Crippen LogP contribution is -2.61. The number of hydrogen-bond acceptors (Lipinski definition) is 2. The number of hydrogen-bond donors (Lipinski definition) is 0. The van der Waals surface area contributed by atoms with Crippen molar-refractivity contribution in [2.75, 3.05) is 14.2 Å². The van der Waals surface area contributed by atoms with Crippen LogP contribution >= 0.6 is 0 Å². The molecule has 0 fully saturated rings. The molecule has 1 aliphatic rings. The quantitative estimate of drug-likeness (QED) is 0.526. The molecule has 1 rings (SSSR count). The molecule has 2 nitrogen and oxygen atoms in total. The Balaban J connectivity index is 3.83. The summed E-state index contributed by atoms with van der Waals surface area (Å²) in [6.07, 6.45) is -27.3. The van der Waals surface area contributed by atoms with Crippen molar-refractivity contribution in [1.29, 1.82) is 0 Å². The molecule has 0 aliphatic heterocycles. The monoisotopic (exact) mass is 440 g/mol. The Morgan fingerprint density at radius 2 is 1.00 bits per heavy atom. The molecule has 28 heavy (non-hydrogen) atoms. The van der Waals surface area contributed by atoms with E-state index in [-0.39, 0.29) is 20.3 Å². The number of methoxy groups -OCH3 is 2. The Morgan fingerprint density at radius 1 is 0.643 bits per heavy atom. The zero-order valence-electron chi connectivity index (χ0n) is 13.9. The average molecular weight is 440 g/mol. The van der Waals surface area contributed by atoms with Gasteiger partial charge in [0.15, 0.2) is 0 Å². The first kappa shape index (κ1) is 24.6. The van der Waals surface area contributed by atoms with Gasteiger partial charge in [-0.2, -0.15) is 52.7 Å². The van der Waals surface area contributed by atoms with Crippen LogP contribution in [0.25, 0.3) is 0 Å². The summed E-state index contributed by atoms with van der Waals surface area (Å²) in [5.41, 5.74) is -14.0. The molecule has 0 N–H and O–H groups in total. The van der Waals surface area contributed by atoms with Crippen LogP contribution in [-0.4, -0.2) is 50.1 Å². The van der Waals surface area contributed by atoms with Gasteiger partial charge in [-0.25, -0.2) is 0 Å². The van der Waals surface area contributed by atoms with Gasteiger partial charge in [0.25, 0.3) is 11.2 Å². The molecule has 1 aliphatic carbocycles. The molecule has 0 aromatic heterocycles. The van der Waals surface area contributed by atoms with Crippen LogP contribution in [0.2, 0.25) is 0 Å². The number of halogens is 12. The fourth-order valence-corrected chi connectivity index (χ4v) is 2.95. The van der Waals surface area contributed by atoms with E-state index in [2.05, 4.69) is 9.47 Å². The van der Waals surface area contributed by atoms with Crippen LogP contribution in [-0.2, 0) is 9.47 Å². The predicted octanol–water partition coefficient (Wildman–Crippen LogP) is 5.65. The van der Waals surface area contributed by atoms with Crippen LogP contribution in [0.4, 0.5) is 52.7 Å². The molecule has 0 saturated carbocycles. The van der Waals surface area contributed by atoms with Gasteiger partial charge >= 0.3 is 24.7 Å². The van der Waals surface area contributed by atoms with E-state index in [1.165, 1.54) is 0 Å². The lowest BCUT2D eigenvalue weighted by atomic mass is 9.79. The fraction of sp³-hybridized carbons (Fsp3) is 0.714. The normalized spacial score (nSPS) is 18.1. The molecular weight excluding hydrogens is 428 g/mol. The number of ether oxygens (including phenoxy) is 2. The zero-order chi connectivity index (χ0) is 22.4. The van der Waals surface area contributed by atoms with Gasteiger partial charge in [-0.3, -0.25) is 0 Å². The highest BCUT2D eigenvalue weighted by Crippen LogP contribution is 2.55. The van der Waals surface area contributed by atoms with Crippen molar-refractivity contribution in [2.24, 2.45) is 0 Å². The zero-order valence-corrected chi connectivity index (χ0v) is 13.9. The van der Waals surface area contributed by atoms with E-state index in [0.717, 1.165) is 0 Å². The maximum Gasteiger partial charge on any atom is 0.430 e. The highest BCUT2D eigenvalue weighted by atomic mass is 19.4. The molecular formula is C14H12F12O2. The van der Waals surface area contributed by atoms with Crippen LogP contribution in [0.5, 0.6) is 0 Å². The van der Waals surface area contributed by atoms with Crippen LogP contribution in [0.3, 0.4) is 0 Å². The molecule has 0 bridgehead atoms. The van der Waals surface area contributed by atoms with E-state index >= 15 is 0 Å². The van der Waals surface area contributed by atoms with Crippen molar-refractivity contribution >= 4 is 0 Å². The molecule has 14 heteroatoms. The molecule has 0 saturated heterocycles. The lowest BCUT2D eigenvalue weighted by Gasteiger charge is -2.41. The molecule has 0 aromatic rings. The van der Waals surface area contributed by atoms with E-state index in [1.54, 1.807) is 0 Å². The average Bonchev–Trinajstić information content (AvgIpc) is 2.44.